The number of carbonyl (C=O) groups is 1. The van der Waals surface area contributed by atoms with Crippen LogP contribution in [0.1, 0.15) is 12.5 Å². The molecule has 1 amide bonds. The number of amides is 1. The van der Waals surface area contributed by atoms with E-state index in [0.29, 0.717) is 0 Å². The molecule has 1 aromatic carbocycles. The first-order chi connectivity index (χ1) is 7.95. The van der Waals surface area contributed by atoms with E-state index in [0.717, 1.165) is 11.4 Å². The van der Waals surface area contributed by atoms with Crippen molar-refractivity contribution in [1.82, 2.24) is 0 Å². The van der Waals surface area contributed by atoms with Crippen molar-refractivity contribution < 1.29 is 9.53 Å². The fourth-order valence-electron chi connectivity index (χ4n) is 1.52. The first-order valence-corrected chi connectivity index (χ1v) is 5.57. The Bertz CT molecular complexity index is 402. The largest absolute Gasteiger partial charge is 0.377 e. The maximum atomic E-state index is 11.7. The molecule has 0 aromatic heterocycles. The van der Waals surface area contributed by atoms with Crippen LogP contribution in [-0.2, 0) is 9.53 Å². The Hall–Kier alpha value is -1.55. The molecule has 0 saturated carbocycles. The number of methoxy groups -OCH3 is 1. The van der Waals surface area contributed by atoms with Gasteiger partial charge < -0.3 is 15.0 Å². The molecule has 1 unspecified atom stereocenters. The van der Waals surface area contributed by atoms with Crippen LogP contribution in [0, 0.1) is 6.92 Å². The molecule has 0 bridgehead atoms. The van der Waals surface area contributed by atoms with Crippen molar-refractivity contribution >= 4 is 17.3 Å². The summed E-state index contributed by atoms with van der Waals surface area (Å²) in [5.74, 6) is -0.138. The van der Waals surface area contributed by atoms with E-state index >= 15 is 0 Å². The molecule has 1 atom stereocenters. The van der Waals surface area contributed by atoms with Gasteiger partial charge in [0.25, 0.3) is 5.91 Å². The SMILES string of the molecule is COC(C)C(=O)Nc1ccc(C)c(N(C)C)c1. The van der Waals surface area contributed by atoms with Crippen LogP contribution >= 0.6 is 0 Å². The lowest BCUT2D eigenvalue weighted by Crippen LogP contribution is -2.26. The quantitative estimate of drug-likeness (QED) is 0.869. The Morgan fingerprint density at radius 1 is 1.41 bits per heavy atom. The molecule has 0 heterocycles. The molecule has 94 valence electrons. The minimum atomic E-state index is -0.445. The zero-order valence-electron chi connectivity index (χ0n) is 11.1. The van der Waals surface area contributed by atoms with E-state index in [2.05, 4.69) is 5.32 Å². The summed E-state index contributed by atoms with van der Waals surface area (Å²) in [5, 5.41) is 2.82. The molecule has 0 aliphatic carbocycles. The molecule has 1 rings (SSSR count). The fourth-order valence-corrected chi connectivity index (χ4v) is 1.52. The van der Waals surface area contributed by atoms with Crippen LogP contribution in [0.25, 0.3) is 0 Å². The van der Waals surface area contributed by atoms with Crippen LogP contribution in [0.4, 0.5) is 11.4 Å². The maximum absolute atomic E-state index is 11.7. The lowest BCUT2D eigenvalue weighted by atomic mass is 10.1. The molecule has 4 nitrogen and oxygen atoms in total. The van der Waals surface area contributed by atoms with Crippen molar-refractivity contribution in [2.75, 3.05) is 31.4 Å². The highest BCUT2D eigenvalue weighted by atomic mass is 16.5. The van der Waals surface area contributed by atoms with Gasteiger partial charge in [-0.3, -0.25) is 4.79 Å². The first-order valence-electron chi connectivity index (χ1n) is 5.57. The number of hydrogen-bond acceptors (Lipinski definition) is 3. The predicted molar refractivity (Wildman–Crippen MR) is 70.6 cm³/mol. The van der Waals surface area contributed by atoms with Crippen molar-refractivity contribution in [3.8, 4) is 0 Å². The van der Waals surface area contributed by atoms with Gasteiger partial charge in [0, 0.05) is 32.6 Å². The molecule has 1 aromatic rings. The molecule has 0 saturated heterocycles. The molecular weight excluding hydrogens is 216 g/mol. The van der Waals surface area contributed by atoms with E-state index in [-0.39, 0.29) is 5.91 Å². The van der Waals surface area contributed by atoms with E-state index in [1.54, 1.807) is 6.92 Å². The monoisotopic (exact) mass is 236 g/mol. The van der Waals surface area contributed by atoms with Crippen LogP contribution in [0.5, 0.6) is 0 Å². The second kappa shape index (κ2) is 5.68. The molecule has 0 aliphatic rings. The van der Waals surface area contributed by atoms with Crippen molar-refractivity contribution in [2.45, 2.75) is 20.0 Å². The third kappa shape index (κ3) is 3.46. The van der Waals surface area contributed by atoms with Gasteiger partial charge in [0.15, 0.2) is 0 Å². The van der Waals surface area contributed by atoms with Gasteiger partial charge in [-0.1, -0.05) is 6.07 Å². The summed E-state index contributed by atoms with van der Waals surface area (Å²) in [6, 6.07) is 5.83. The second-order valence-corrected chi connectivity index (χ2v) is 4.26. The molecule has 0 radical (unpaired) electrons. The number of ether oxygens (including phenoxy) is 1. The smallest absolute Gasteiger partial charge is 0.253 e. The van der Waals surface area contributed by atoms with Crippen molar-refractivity contribution in [2.24, 2.45) is 0 Å². The number of anilines is 2. The number of benzene rings is 1. The fraction of sp³-hybridized carbons (Fsp3) is 0.462. The molecule has 0 fully saturated rings. The van der Waals surface area contributed by atoms with Gasteiger partial charge >= 0.3 is 0 Å². The van der Waals surface area contributed by atoms with Crippen LogP contribution in [0.3, 0.4) is 0 Å². The third-order valence-corrected chi connectivity index (χ3v) is 2.68. The number of rotatable bonds is 4. The lowest BCUT2D eigenvalue weighted by molar-refractivity contribution is -0.124. The minimum absolute atomic E-state index is 0.138. The molecule has 17 heavy (non-hydrogen) atoms. The van der Waals surface area contributed by atoms with Gasteiger partial charge in [-0.2, -0.15) is 0 Å². The van der Waals surface area contributed by atoms with Gasteiger partial charge in [0.1, 0.15) is 6.10 Å². The van der Waals surface area contributed by atoms with Crippen LogP contribution in [0.2, 0.25) is 0 Å². The highest BCUT2D eigenvalue weighted by Gasteiger charge is 2.12. The Labute approximate surface area is 103 Å². The van der Waals surface area contributed by atoms with Gasteiger partial charge in [-0.15, -0.1) is 0 Å². The van der Waals surface area contributed by atoms with E-state index in [1.807, 2.05) is 44.1 Å². The number of carbonyl (C=O) groups excluding carboxylic acids is 1. The normalized spacial score (nSPS) is 12.1. The highest BCUT2D eigenvalue weighted by Crippen LogP contribution is 2.22. The highest BCUT2D eigenvalue weighted by molar-refractivity contribution is 5.94. The van der Waals surface area contributed by atoms with Crippen molar-refractivity contribution in [3.63, 3.8) is 0 Å². The van der Waals surface area contributed by atoms with E-state index in [1.165, 1.54) is 12.7 Å². The number of nitrogens with zero attached hydrogens (tertiary/aromatic N) is 1. The van der Waals surface area contributed by atoms with E-state index in [9.17, 15) is 4.79 Å². The average Bonchev–Trinajstić information content (AvgIpc) is 2.30. The zero-order valence-corrected chi connectivity index (χ0v) is 11.1. The van der Waals surface area contributed by atoms with Crippen molar-refractivity contribution in [3.05, 3.63) is 23.8 Å². The predicted octanol–water partition coefficient (Wildman–Crippen LogP) is 2.03. The van der Waals surface area contributed by atoms with Crippen LogP contribution in [0.15, 0.2) is 18.2 Å². The lowest BCUT2D eigenvalue weighted by Gasteiger charge is -2.17. The molecule has 0 aliphatic heterocycles. The second-order valence-electron chi connectivity index (χ2n) is 4.26. The summed E-state index contributed by atoms with van der Waals surface area (Å²) in [4.78, 5) is 13.7. The summed E-state index contributed by atoms with van der Waals surface area (Å²) in [6.07, 6.45) is -0.445. The topological polar surface area (TPSA) is 41.6 Å². The van der Waals surface area contributed by atoms with E-state index in [4.69, 9.17) is 4.74 Å². The Balaban J connectivity index is 2.86. The number of aryl methyl sites for hydroxylation is 1. The summed E-state index contributed by atoms with van der Waals surface area (Å²) in [5.41, 5.74) is 3.05. The summed E-state index contributed by atoms with van der Waals surface area (Å²) < 4.78 is 4.96. The summed E-state index contributed by atoms with van der Waals surface area (Å²) in [7, 11) is 5.47. The van der Waals surface area contributed by atoms with Crippen molar-refractivity contribution in [1.29, 1.82) is 0 Å². The molecule has 1 N–H and O–H groups in total. The van der Waals surface area contributed by atoms with Gasteiger partial charge in [0.2, 0.25) is 0 Å². The Morgan fingerprint density at radius 3 is 2.59 bits per heavy atom. The minimum Gasteiger partial charge on any atom is -0.377 e. The summed E-state index contributed by atoms with van der Waals surface area (Å²) in [6.45, 7) is 3.76. The molecule has 4 heteroatoms. The zero-order chi connectivity index (χ0) is 13.0. The number of nitrogens with one attached hydrogen (secondary N) is 1. The van der Waals surface area contributed by atoms with Gasteiger partial charge in [-0.05, 0) is 31.5 Å². The standard InChI is InChI=1S/C13H20N2O2/c1-9-6-7-11(8-12(9)15(3)4)14-13(16)10(2)17-5/h6-8,10H,1-5H3,(H,14,16). The molecular formula is C13H20N2O2. The third-order valence-electron chi connectivity index (χ3n) is 2.68. The molecule has 0 spiro atoms. The Kier molecular flexibility index (Phi) is 4.52. The summed E-state index contributed by atoms with van der Waals surface area (Å²) >= 11 is 0. The van der Waals surface area contributed by atoms with E-state index < -0.39 is 6.10 Å². The average molecular weight is 236 g/mol. The first kappa shape index (κ1) is 13.5. The number of hydrogen-bond donors (Lipinski definition) is 1. The van der Waals surface area contributed by atoms with Gasteiger partial charge in [0.05, 0.1) is 0 Å². The van der Waals surface area contributed by atoms with Gasteiger partial charge in [-0.25, -0.2) is 0 Å². The Morgan fingerprint density at radius 2 is 2.06 bits per heavy atom. The van der Waals surface area contributed by atoms with Crippen LogP contribution in [-0.4, -0.2) is 33.2 Å². The van der Waals surface area contributed by atoms with Crippen LogP contribution < -0.4 is 10.2 Å². The maximum Gasteiger partial charge on any atom is 0.253 e.